The van der Waals surface area contributed by atoms with Gasteiger partial charge in [-0.25, -0.2) is 4.98 Å². The predicted octanol–water partition coefficient (Wildman–Crippen LogP) is 2.41. The fourth-order valence-electron chi connectivity index (χ4n) is 1.74. The van der Waals surface area contributed by atoms with E-state index in [4.69, 9.17) is 0 Å². The highest BCUT2D eigenvalue weighted by Gasteiger charge is 2.20. The van der Waals surface area contributed by atoms with E-state index in [9.17, 15) is 4.79 Å². The van der Waals surface area contributed by atoms with Crippen LogP contribution >= 0.6 is 11.3 Å². The first-order valence-electron chi connectivity index (χ1n) is 5.57. The van der Waals surface area contributed by atoms with Gasteiger partial charge in [-0.2, -0.15) is 0 Å². The minimum atomic E-state index is 0.0694. The van der Waals surface area contributed by atoms with E-state index in [2.05, 4.69) is 4.98 Å². The maximum atomic E-state index is 11.7. The molecule has 16 heavy (non-hydrogen) atoms. The molecule has 0 atom stereocenters. The first-order chi connectivity index (χ1) is 7.75. The van der Waals surface area contributed by atoms with E-state index in [1.807, 2.05) is 12.4 Å². The van der Waals surface area contributed by atoms with E-state index >= 15 is 0 Å². The molecule has 0 bridgehead atoms. The van der Waals surface area contributed by atoms with Gasteiger partial charge < -0.3 is 4.90 Å². The van der Waals surface area contributed by atoms with Crippen LogP contribution in [0.25, 0.3) is 6.08 Å². The van der Waals surface area contributed by atoms with Crippen molar-refractivity contribution in [2.24, 2.45) is 5.92 Å². The van der Waals surface area contributed by atoms with Gasteiger partial charge in [-0.3, -0.25) is 4.79 Å². The Morgan fingerprint density at radius 1 is 1.69 bits per heavy atom. The van der Waals surface area contributed by atoms with Crippen LogP contribution in [0.3, 0.4) is 0 Å². The number of hydrogen-bond donors (Lipinski definition) is 0. The Kier molecular flexibility index (Phi) is 3.72. The number of likely N-dealkylation sites (N-methyl/N-ethyl adjacent to an activating group) is 1. The molecule has 1 aromatic heterocycles. The van der Waals surface area contributed by atoms with Gasteiger partial charge in [0.15, 0.2) is 0 Å². The second kappa shape index (κ2) is 5.25. The third-order valence-corrected chi connectivity index (χ3v) is 3.59. The van der Waals surface area contributed by atoms with Crippen molar-refractivity contribution in [3.8, 4) is 0 Å². The lowest BCUT2D eigenvalue weighted by molar-refractivity contribution is -0.125. The number of nitrogens with zero attached hydrogens (tertiary/aromatic N) is 2. The lowest BCUT2D eigenvalue weighted by atomic mass is 9.85. The second-order valence-electron chi connectivity index (χ2n) is 4.26. The quantitative estimate of drug-likeness (QED) is 0.752. The first kappa shape index (κ1) is 11.3. The van der Waals surface area contributed by atoms with Crippen LogP contribution in [0.2, 0.25) is 0 Å². The molecule has 1 aliphatic carbocycles. The van der Waals surface area contributed by atoms with Gasteiger partial charge in [0.25, 0.3) is 0 Å². The molecule has 1 amide bonds. The van der Waals surface area contributed by atoms with Gasteiger partial charge in [-0.05, 0) is 24.8 Å². The molecule has 0 saturated heterocycles. The normalized spacial score (nSPS) is 16.3. The number of carbonyl (C=O) groups excluding carboxylic acids is 1. The number of aromatic nitrogens is 1. The molecular weight excluding hydrogens is 220 g/mol. The van der Waals surface area contributed by atoms with Crippen LogP contribution < -0.4 is 0 Å². The number of amides is 1. The fraction of sp³-hybridized carbons (Fsp3) is 0.500. The minimum Gasteiger partial charge on any atom is -0.342 e. The largest absolute Gasteiger partial charge is 0.342 e. The average molecular weight is 236 g/mol. The zero-order valence-electron chi connectivity index (χ0n) is 9.43. The summed E-state index contributed by atoms with van der Waals surface area (Å²) in [5, 5.41) is 1.93. The molecule has 86 valence electrons. The number of thiazole rings is 1. The monoisotopic (exact) mass is 236 g/mol. The lowest BCUT2D eigenvalue weighted by Crippen LogP contribution is -2.33. The van der Waals surface area contributed by atoms with Crippen molar-refractivity contribution in [3.63, 3.8) is 0 Å². The Balaban J connectivity index is 1.82. The molecule has 3 nitrogen and oxygen atoms in total. The molecule has 0 radical (unpaired) electrons. The van der Waals surface area contributed by atoms with Crippen molar-refractivity contribution in [2.45, 2.75) is 19.3 Å². The molecule has 1 fully saturated rings. The third-order valence-electron chi connectivity index (χ3n) is 2.98. The Morgan fingerprint density at radius 3 is 3.06 bits per heavy atom. The second-order valence-corrected chi connectivity index (χ2v) is 4.98. The Labute approximate surface area is 99.8 Å². The van der Waals surface area contributed by atoms with Crippen molar-refractivity contribution in [2.75, 3.05) is 13.6 Å². The summed E-state index contributed by atoms with van der Waals surface area (Å²) >= 11 is 1.54. The standard InChI is InChI=1S/C12H16N2OS/c1-14(7-10-3-2-4-10)12(15)6-5-11-8-16-9-13-11/h5-6,8-10H,2-4,7H2,1H3/b6-5+. The molecule has 0 unspecified atom stereocenters. The summed E-state index contributed by atoms with van der Waals surface area (Å²) in [6.45, 7) is 0.889. The highest BCUT2D eigenvalue weighted by Crippen LogP contribution is 2.26. The molecule has 0 N–H and O–H groups in total. The third kappa shape index (κ3) is 2.92. The van der Waals surface area contributed by atoms with Crippen LogP contribution in [-0.2, 0) is 4.79 Å². The minimum absolute atomic E-state index is 0.0694. The number of carbonyl (C=O) groups is 1. The van der Waals surface area contributed by atoms with Crippen LogP contribution in [-0.4, -0.2) is 29.4 Å². The number of hydrogen-bond acceptors (Lipinski definition) is 3. The number of rotatable bonds is 4. The zero-order chi connectivity index (χ0) is 11.4. The van der Waals surface area contributed by atoms with Gasteiger partial charge >= 0.3 is 0 Å². The van der Waals surface area contributed by atoms with Crippen molar-refractivity contribution < 1.29 is 4.79 Å². The van der Waals surface area contributed by atoms with Gasteiger partial charge in [-0.1, -0.05) is 6.42 Å². The van der Waals surface area contributed by atoms with Gasteiger partial charge in [0.05, 0.1) is 11.2 Å². The van der Waals surface area contributed by atoms with Crippen LogP contribution in [0.4, 0.5) is 0 Å². The summed E-state index contributed by atoms with van der Waals surface area (Å²) in [6.07, 6.45) is 7.24. The average Bonchev–Trinajstić information content (AvgIpc) is 2.72. The molecule has 0 spiro atoms. The van der Waals surface area contributed by atoms with E-state index in [0.717, 1.165) is 18.2 Å². The summed E-state index contributed by atoms with van der Waals surface area (Å²) in [7, 11) is 1.87. The topological polar surface area (TPSA) is 33.2 Å². The van der Waals surface area contributed by atoms with Crippen LogP contribution in [0.5, 0.6) is 0 Å². The van der Waals surface area contributed by atoms with Crippen LogP contribution in [0, 0.1) is 5.92 Å². The molecule has 4 heteroatoms. The zero-order valence-corrected chi connectivity index (χ0v) is 10.2. The van der Waals surface area contributed by atoms with Crippen molar-refractivity contribution in [3.05, 3.63) is 22.7 Å². The SMILES string of the molecule is CN(CC1CCC1)C(=O)/C=C/c1cscn1. The van der Waals surface area contributed by atoms with Gasteiger partial charge in [-0.15, -0.1) is 11.3 Å². The van der Waals surface area contributed by atoms with E-state index in [-0.39, 0.29) is 5.91 Å². The van der Waals surface area contributed by atoms with Crippen molar-refractivity contribution >= 4 is 23.3 Å². The molecule has 1 aromatic rings. The Hall–Kier alpha value is -1.16. The highest BCUT2D eigenvalue weighted by atomic mass is 32.1. The van der Waals surface area contributed by atoms with Crippen molar-refractivity contribution in [1.82, 2.24) is 9.88 Å². The van der Waals surface area contributed by atoms with Crippen LogP contribution in [0.1, 0.15) is 25.0 Å². The van der Waals surface area contributed by atoms with Gasteiger partial charge in [0.2, 0.25) is 5.91 Å². The van der Waals surface area contributed by atoms with E-state index < -0.39 is 0 Å². The first-order valence-corrected chi connectivity index (χ1v) is 6.51. The predicted molar refractivity (Wildman–Crippen MR) is 66.1 cm³/mol. The summed E-state index contributed by atoms with van der Waals surface area (Å²) in [4.78, 5) is 17.6. The summed E-state index contributed by atoms with van der Waals surface area (Å²) in [6, 6.07) is 0. The van der Waals surface area contributed by atoms with E-state index in [1.165, 1.54) is 30.6 Å². The molecule has 0 aromatic carbocycles. The highest BCUT2D eigenvalue weighted by molar-refractivity contribution is 7.07. The van der Waals surface area contributed by atoms with Gasteiger partial charge in [0, 0.05) is 25.0 Å². The Bertz CT molecular complexity index is 368. The Morgan fingerprint density at radius 2 is 2.50 bits per heavy atom. The van der Waals surface area contributed by atoms with E-state index in [0.29, 0.717) is 0 Å². The molecular formula is C12H16N2OS. The van der Waals surface area contributed by atoms with Gasteiger partial charge in [0.1, 0.15) is 0 Å². The molecule has 2 rings (SSSR count). The lowest BCUT2D eigenvalue weighted by Gasteiger charge is -2.29. The smallest absolute Gasteiger partial charge is 0.246 e. The maximum absolute atomic E-state index is 11.7. The fourth-order valence-corrected chi connectivity index (χ4v) is 2.26. The molecule has 1 heterocycles. The molecule has 0 aliphatic heterocycles. The van der Waals surface area contributed by atoms with Crippen molar-refractivity contribution in [1.29, 1.82) is 0 Å². The van der Waals surface area contributed by atoms with E-state index in [1.54, 1.807) is 22.6 Å². The molecule has 1 saturated carbocycles. The molecule has 1 aliphatic rings. The summed E-state index contributed by atoms with van der Waals surface area (Å²) in [5.74, 6) is 0.793. The maximum Gasteiger partial charge on any atom is 0.246 e. The van der Waals surface area contributed by atoms with Crippen LogP contribution in [0.15, 0.2) is 17.0 Å². The summed E-state index contributed by atoms with van der Waals surface area (Å²) < 4.78 is 0. The summed E-state index contributed by atoms with van der Waals surface area (Å²) in [5.41, 5.74) is 2.62.